The second-order valence-corrected chi connectivity index (χ2v) is 4.06. The molecule has 0 bridgehead atoms. The number of rotatable bonds is 3. The van der Waals surface area contributed by atoms with Crippen molar-refractivity contribution in [2.75, 3.05) is 5.32 Å². The van der Waals surface area contributed by atoms with Crippen LogP contribution >= 0.6 is 0 Å². The first-order chi connectivity index (χ1) is 10.0. The van der Waals surface area contributed by atoms with Crippen LogP contribution in [0.15, 0.2) is 48.5 Å². The van der Waals surface area contributed by atoms with Crippen LogP contribution in [0.5, 0.6) is 11.5 Å². The molecule has 0 saturated heterocycles. The Morgan fingerprint density at radius 1 is 1.00 bits per heavy atom. The number of nitrogens with one attached hydrogen (secondary N) is 1. The zero-order chi connectivity index (χ0) is 15.2. The SMILES string of the molecule is CC(=O)Oc1cccc(OC(=O)Nc2ccccc2F)c1. The zero-order valence-corrected chi connectivity index (χ0v) is 11.1. The number of esters is 1. The molecule has 2 aromatic carbocycles. The fourth-order valence-electron chi connectivity index (χ4n) is 1.57. The van der Waals surface area contributed by atoms with Gasteiger partial charge in [0.15, 0.2) is 0 Å². The van der Waals surface area contributed by atoms with Gasteiger partial charge in [0.2, 0.25) is 0 Å². The van der Waals surface area contributed by atoms with E-state index in [2.05, 4.69) is 5.32 Å². The lowest BCUT2D eigenvalue weighted by Gasteiger charge is -2.08. The van der Waals surface area contributed by atoms with Crippen LogP contribution in [0.25, 0.3) is 0 Å². The number of carbonyl (C=O) groups is 2. The summed E-state index contributed by atoms with van der Waals surface area (Å²) >= 11 is 0. The summed E-state index contributed by atoms with van der Waals surface area (Å²) in [6.45, 7) is 1.26. The standard InChI is InChI=1S/C15H12FNO4/c1-10(18)20-11-5-4-6-12(9-11)21-15(19)17-14-8-3-2-7-13(14)16/h2-9H,1H3,(H,17,19). The average Bonchev–Trinajstić information content (AvgIpc) is 2.41. The van der Waals surface area contributed by atoms with Crippen LogP contribution in [0.2, 0.25) is 0 Å². The molecular formula is C15H12FNO4. The minimum absolute atomic E-state index is 0.0126. The molecule has 0 heterocycles. The molecule has 21 heavy (non-hydrogen) atoms. The maximum absolute atomic E-state index is 13.4. The highest BCUT2D eigenvalue weighted by molar-refractivity contribution is 5.86. The van der Waals surface area contributed by atoms with E-state index in [4.69, 9.17) is 9.47 Å². The Balaban J connectivity index is 2.03. The number of ether oxygens (including phenoxy) is 2. The molecule has 0 spiro atoms. The summed E-state index contributed by atoms with van der Waals surface area (Å²) in [5.41, 5.74) is 0.0126. The fraction of sp³-hybridized carbons (Fsp3) is 0.0667. The van der Waals surface area contributed by atoms with E-state index in [1.807, 2.05) is 0 Å². The summed E-state index contributed by atoms with van der Waals surface area (Å²) in [7, 11) is 0. The van der Waals surface area contributed by atoms with Crippen molar-refractivity contribution < 1.29 is 23.5 Å². The number of hydrogen-bond donors (Lipinski definition) is 1. The molecule has 2 aromatic rings. The van der Waals surface area contributed by atoms with Crippen LogP contribution in [0.3, 0.4) is 0 Å². The van der Waals surface area contributed by atoms with Gasteiger partial charge >= 0.3 is 12.1 Å². The molecule has 0 atom stereocenters. The normalized spacial score (nSPS) is 9.81. The van der Waals surface area contributed by atoms with E-state index < -0.39 is 17.9 Å². The van der Waals surface area contributed by atoms with Gasteiger partial charge in [0, 0.05) is 13.0 Å². The Hall–Kier alpha value is -2.89. The first-order valence-corrected chi connectivity index (χ1v) is 6.06. The molecule has 0 fully saturated rings. The van der Waals surface area contributed by atoms with Crippen LogP contribution in [-0.2, 0) is 4.79 Å². The van der Waals surface area contributed by atoms with Crippen molar-refractivity contribution in [1.29, 1.82) is 0 Å². The number of benzene rings is 2. The Bertz CT molecular complexity index is 672. The molecule has 0 aliphatic heterocycles. The summed E-state index contributed by atoms with van der Waals surface area (Å²) < 4.78 is 23.2. The van der Waals surface area contributed by atoms with Gasteiger partial charge in [-0.25, -0.2) is 9.18 Å². The first kappa shape index (κ1) is 14.5. The number of para-hydroxylation sites is 1. The number of carbonyl (C=O) groups excluding carboxylic acids is 2. The highest BCUT2D eigenvalue weighted by atomic mass is 19.1. The van der Waals surface area contributed by atoms with Crippen LogP contribution in [-0.4, -0.2) is 12.1 Å². The zero-order valence-electron chi connectivity index (χ0n) is 11.1. The molecule has 0 saturated carbocycles. The summed E-state index contributed by atoms with van der Waals surface area (Å²) in [6.07, 6.45) is -0.847. The lowest BCUT2D eigenvalue weighted by atomic mass is 10.3. The largest absolute Gasteiger partial charge is 0.427 e. The Morgan fingerprint density at radius 3 is 2.33 bits per heavy atom. The van der Waals surface area contributed by atoms with Crippen molar-refractivity contribution in [1.82, 2.24) is 0 Å². The van der Waals surface area contributed by atoms with Crippen LogP contribution in [0.4, 0.5) is 14.9 Å². The van der Waals surface area contributed by atoms with Crippen molar-refractivity contribution in [3.8, 4) is 11.5 Å². The van der Waals surface area contributed by atoms with Crippen LogP contribution in [0, 0.1) is 5.82 Å². The predicted molar refractivity (Wildman–Crippen MR) is 73.8 cm³/mol. The van der Waals surface area contributed by atoms with Gasteiger partial charge in [-0.15, -0.1) is 0 Å². The molecule has 0 aromatic heterocycles. The molecule has 6 heteroatoms. The fourth-order valence-corrected chi connectivity index (χ4v) is 1.57. The number of amides is 1. The van der Waals surface area contributed by atoms with Crippen LogP contribution in [0.1, 0.15) is 6.92 Å². The number of anilines is 1. The quantitative estimate of drug-likeness (QED) is 0.695. The van der Waals surface area contributed by atoms with E-state index in [1.165, 1.54) is 37.3 Å². The van der Waals surface area contributed by atoms with Crippen molar-refractivity contribution in [3.05, 3.63) is 54.3 Å². The molecule has 1 N–H and O–H groups in total. The maximum atomic E-state index is 13.4. The third-order valence-corrected chi connectivity index (χ3v) is 2.39. The molecule has 0 aliphatic carbocycles. The Morgan fingerprint density at radius 2 is 1.67 bits per heavy atom. The number of hydrogen-bond acceptors (Lipinski definition) is 4. The maximum Gasteiger partial charge on any atom is 0.417 e. The van der Waals surface area contributed by atoms with E-state index in [0.29, 0.717) is 0 Å². The van der Waals surface area contributed by atoms with E-state index in [1.54, 1.807) is 18.2 Å². The second-order valence-electron chi connectivity index (χ2n) is 4.06. The van der Waals surface area contributed by atoms with Gasteiger partial charge in [0.1, 0.15) is 17.3 Å². The average molecular weight is 289 g/mol. The van der Waals surface area contributed by atoms with Crippen LogP contribution < -0.4 is 14.8 Å². The van der Waals surface area contributed by atoms with E-state index >= 15 is 0 Å². The smallest absolute Gasteiger partial charge is 0.417 e. The molecule has 108 valence electrons. The Labute approximate surface area is 120 Å². The minimum Gasteiger partial charge on any atom is -0.427 e. The topological polar surface area (TPSA) is 64.6 Å². The summed E-state index contributed by atoms with van der Waals surface area (Å²) in [5.74, 6) is -0.632. The minimum atomic E-state index is -0.847. The highest BCUT2D eigenvalue weighted by Crippen LogP contribution is 2.20. The molecule has 2 rings (SSSR count). The number of halogens is 1. The van der Waals surface area contributed by atoms with Crippen molar-refractivity contribution in [2.24, 2.45) is 0 Å². The molecular weight excluding hydrogens is 277 g/mol. The lowest BCUT2D eigenvalue weighted by Crippen LogP contribution is -2.17. The molecule has 5 nitrogen and oxygen atoms in total. The summed E-state index contributed by atoms with van der Waals surface area (Å²) in [6, 6.07) is 11.7. The van der Waals surface area contributed by atoms with Gasteiger partial charge in [-0.3, -0.25) is 10.1 Å². The molecule has 0 unspecified atom stereocenters. The second kappa shape index (κ2) is 6.51. The first-order valence-electron chi connectivity index (χ1n) is 6.06. The summed E-state index contributed by atoms with van der Waals surface area (Å²) in [4.78, 5) is 22.5. The Kier molecular flexibility index (Phi) is 4.50. The summed E-state index contributed by atoms with van der Waals surface area (Å²) in [5, 5.41) is 2.28. The van der Waals surface area contributed by atoms with Gasteiger partial charge in [-0.2, -0.15) is 0 Å². The van der Waals surface area contributed by atoms with E-state index in [0.717, 1.165) is 0 Å². The van der Waals surface area contributed by atoms with E-state index in [9.17, 15) is 14.0 Å². The van der Waals surface area contributed by atoms with Crippen molar-refractivity contribution >= 4 is 17.7 Å². The van der Waals surface area contributed by atoms with Gasteiger partial charge in [0.25, 0.3) is 0 Å². The van der Waals surface area contributed by atoms with Crippen molar-refractivity contribution in [3.63, 3.8) is 0 Å². The molecule has 0 radical (unpaired) electrons. The highest BCUT2D eigenvalue weighted by Gasteiger charge is 2.09. The third-order valence-electron chi connectivity index (χ3n) is 2.39. The lowest BCUT2D eigenvalue weighted by molar-refractivity contribution is -0.131. The van der Waals surface area contributed by atoms with Gasteiger partial charge in [0.05, 0.1) is 5.69 Å². The van der Waals surface area contributed by atoms with Gasteiger partial charge in [-0.05, 0) is 24.3 Å². The predicted octanol–water partition coefficient (Wildman–Crippen LogP) is 3.36. The molecule has 1 amide bonds. The van der Waals surface area contributed by atoms with Crippen molar-refractivity contribution in [2.45, 2.75) is 6.92 Å². The molecule has 0 aliphatic rings. The van der Waals surface area contributed by atoms with E-state index in [-0.39, 0.29) is 17.2 Å². The van der Waals surface area contributed by atoms with Gasteiger partial charge < -0.3 is 9.47 Å². The van der Waals surface area contributed by atoms with Gasteiger partial charge in [-0.1, -0.05) is 18.2 Å². The third kappa shape index (κ3) is 4.31. The monoisotopic (exact) mass is 289 g/mol.